The van der Waals surface area contributed by atoms with Gasteiger partial charge in [0.25, 0.3) is 0 Å². The van der Waals surface area contributed by atoms with Crippen molar-refractivity contribution in [3.8, 4) is 5.75 Å². The summed E-state index contributed by atoms with van der Waals surface area (Å²) in [5.74, 6) is -0.386. The molecule has 0 aliphatic carbocycles. The Labute approximate surface area is 171 Å². The number of carbonyl (C=O) groups is 2. The SMILES string of the molecule is CCOC(=O)C1(C(=O)OCC)Cc2c(cccc2Cc2ccc(OC)cc2)CN1. The fraction of sp³-hybridized carbons (Fsp3) is 0.391. The van der Waals surface area contributed by atoms with Gasteiger partial charge >= 0.3 is 11.9 Å². The molecular formula is C23H27NO5. The van der Waals surface area contributed by atoms with Crippen LogP contribution in [0.2, 0.25) is 0 Å². The van der Waals surface area contributed by atoms with E-state index in [1.165, 1.54) is 0 Å². The van der Waals surface area contributed by atoms with Gasteiger partial charge in [-0.1, -0.05) is 30.3 Å². The van der Waals surface area contributed by atoms with E-state index in [-0.39, 0.29) is 19.6 Å². The lowest BCUT2D eigenvalue weighted by Crippen LogP contribution is -2.62. The van der Waals surface area contributed by atoms with E-state index >= 15 is 0 Å². The maximum Gasteiger partial charge on any atom is 0.338 e. The molecule has 6 heteroatoms. The van der Waals surface area contributed by atoms with E-state index in [0.717, 1.165) is 28.0 Å². The molecule has 2 aromatic carbocycles. The smallest absolute Gasteiger partial charge is 0.338 e. The van der Waals surface area contributed by atoms with Crippen LogP contribution in [0.25, 0.3) is 0 Å². The number of hydrogen-bond donors (Lipinski definition) is 1. The number of hydrogen-bond acceptors (Lipinski definition) is 6. The standard InChI is InChI=1S/C23H27NO5/c1-4-28-21(25)23(22(26)29-5-2)14-20-17(7-6-8-18(20)15-24-23)13-16-9-11-19(27-3)12-10-16/h6-12,24H,4-5,13-15H2,1-3H3. The molecule has 0 bridgehead atoms. The van der Waals surface area contributed by atoms with Gasteiger partial charge in [-0.3, -0.25) is 5.32 Å². The van der Waals surface area contributed by atoms with E-state index in [1.54, 1.807) is 21.0 Å². The zero-order valence-corrected chi connectivity index (χ0v) is 17.1. The molecule has 0 aromatic heterocycles. The average molecular weight is 397 g/mol. The summed E-state index contributed by atoms with van der Waals surface area (Å²) in [6.07, 6.45) is 0.890. The van der Waals surface area contributed by atoms with Crippen LogP contribution >= 0.6 is 0 Å². The van der Waals surface area contributed by atoms with Crippen molar-refractivity contribution in [2.45, 2.75) is 38.8 Å². The molecule has 1 heterocycles. The van der Waals surface area contributed by atoms with Gasteiger partial charge in [-0.2, -0.15) is 0 Å². The largest absolute Gasteiger partial charge is 0.497 e. The summed E-state index contributed by atoms with van der Waals surface area (Å²) in [4.78, 5) is 25.6. The molecule has 0 saturated carbocycles. The van der Waals surface area contributed by atoms with Crippen molar-refractivity contribution in [2.75, 3.05) is 20.3 Å². The Morgan fingerprint density at radius 2 is 1.66 bits per heavy atom. The van der Waals surface area contributed by atoms with Gasteiger partial charge in [0.15, 0.2) is 0 Å². The highest BCUT2D eigenvalue weighted by Gasteiger charge is 2.51. The summed E-state index contributed by atoms with van der Waals surface area (Å²) >= 11 is 0. The Kier molecular flexibility index (Phi) is 6.54. The first-order valence-electron chi connectivity index (χ1n) is 9.86. The minimum atomic E-state index is -1.52. The Morgan fingerprint density at radius 3 is 2.24 bits per heavy atom. The van der Waals surface area contributed by atoms with Crippen LogP contribution < -0.4 is 10.1 Å². The summed E-state index contributed by atoms with van der Waals surface area (Å²) in [6, 6.07) is 13.9. The molecule has 1 aliphatic heterocycles. The van der Waals surface area contributed by atoms with Crippen molar-refractivity contribution < 1.29 is 23.8 Å². The first kappa shape index (κ1) is 20.9. The third-order valence-electron chi connectivity index (χ3n) is 5.19. The average Bonchev–Trinajstić information content (AvgIpc) is 2.74. The van der Waals surface area contributed by atoms with Gasteiger partial charge in [-0.25, -0.2) is 9.59 Å². The van der Waals surface area contributed by atoms with Crippen molar-refractivity contribution in [3.05, 3.63) is 64.7 Å². The van der Waals surface area contributed by atoms with E-state index in [9.17, 15) is 9.59 Å². The number of carbonyl (C=O) groups excluding carboxylic acids is 2. The highest BCUT2D eigenvalue weighted by atomic mass is 16.6. The van der Waals surface area contributed by atoms with Gasteiger partial charge in [0.2, 0.25) is 5.54 Å². The molecule has 29 heavy (non-hydrogen) atoms. The van der Waals surface area contributed by atoms with Crippen molar-refractivity contribution in [2.24, 2.45) is 0 Å². The number of rotatable bonds is 7. The molecule has 0 radical (unpaired) electrons. The van der Waals surface area contributed by atoms with Crippen molar-refractivity contribution in [1.82, 2.24) is 5.32 Å². The number of fused-ring (bicyclic) bond motifs is 1. The lowest BCUT2D eigenvalue weighted by Gasteiger charge is -2.35. The number of esters is 2. The second kappa shape index (κ2) is 9.09. The second-order valence-corrected chi connectivity index (χ2v) is 6.96. The van der Waals surface area contributed by atoms with Gasteiger partial charge < -0.3 is 14.2 Å². The second-order valence-electron chi connectivity index (χ2n) is 6.96. The highest BCUT2D eigenvalue weighted by Crippen LogP contribution is 2.30. The minimum absolute atomic E-state index is 0.196. The number of methoxy groups -OCH3 is 1. The summed E-state index contributed by atoms with van der Waals surface area (Å²) in [5, 5.41) is 3.10. The molecule has 1 aliphatic rings. The third kappa shape index (κ3) is 4.27. The van der Waals surface area contributed by atoms with Crippen molar-refractivity contribution in [3.63, 3.8) is 0 Å². The molecule has 0 fully saturated rings. The quantitative estimate of drug-likeness (QED) is 0.572. The predicted octanol–water partition coefficient (Wildman–Crippen LogP) is 2.80. The van der Waals surface area contributed by atoms with E-state index in [0.29, 0.717) is 13.0 Å². The van der Waals surface area contributed by atoms with E-state index in [1.807, 2.05) is 42.5 Å². The first-order valence-corrected chi connectivity index (χ1v) is 9.86. The van der Waals surface area contributed by atoms with Gasteiger partial charge in [-0.15, -0.1) is 0 Å². The van der Waals surface area contributed by atoms with E-state index < -0.39 is 17.5 Å². The molecule has 3 rings (SSSR count). The minimum Gasteiger partial charge on any atom is -0.497 e. The maximum atomic E-state index is 12.8. The molecule has 0 saturated heterocycles. The van der Waals surface area contributed by atoms with E-state index in [4.69, 9.17) is 14.2 Å². The summed E-state index contributed by atoms with van der Waals surface area (Å²) < 4.78 is 15.7. The van der Waals surface area contributed by atoms with Crippen LogP contribution in [-0.2, 0) is 38.4 Å². The summed E-state index contributed by atoms with van der Waals surface area (Å²) in [7, 11) is 1.64. The molecule has 6 nitrogen and oxygen atoms in total. The predicted molar refractivity (Wildman–Crippen MR) is 109 cm³/mol. The molecule has 0 amide bonds. The van der Waals surface area contributed by atoms with Gasteiger partial charge in [0.1, 0.15) is 5.75 Å². The monoisotopic (exact) mass is 397 g/mol. The molecular weight excluding hydrogens is 370 g/mol. The Morgan fingerprint density at radius 1 is 1.00 bits per heavy atom. The molecule has 154 valence electrons. The third-order valence-corrected chi connectivity index (χ3v) is 5.19. The van der Waals surface area contributed by atoms with Crippen LogP contribution in [0.3, 0.4) is 0 Å². The van der Waals surface area contributed by atoms with Gasteiger partial charge in [-0.05, 0) is 54.7 Å². The molecule has 0 atom stereocenters. The molecule has 0 spiro atoms. The lowest BCUT2D eigenvalue weighted by atomic mass is 9.81. The summed E-state index contributed by atoms with van der Waals surface area (Å²) in [6.45, 7) is 4.23. The zero-order chi connectivity index (χ0) is 20.9. The topological polar surface area (TPSA) is 73.9 Å². The van der Waals surface area contributed by atoms with Crippen molar-refractivity contribution in [1.29, 1.82) is 0 Å². The fourth-order valence-corrected chi connectivity index (χ4v) is 3.66. The van der Waals surface area contributed by atoms with Crippen LogP contribution in [0.4, 0.5) is 0 Å². The molecule has 1 N–H and O–H groups in total. The Balaban J connectivity index is 1.95. The van der Waals surface area contributed by atoms with E-state index in [2.05, 4.69) is 5.32 Å². The molecule has 2 aromatic rings. The normalized spacial score (nSPS) is 14.6. The zero-order valence-electron chi connectivity index (χ0n) is 17.1. The fourth-order valence-electron chi connectivity index (χ4n) is 3.66. The molecule has 0 unspecified atom stereocenters. The van der Waals surface area contributed by atoms with Gasteiger partial charge in [0.05, 0.1) is 20.3 Å². The van der Waals surface area contributed by atoms with Gasteiger partial charge in [0, 0.05) is 13.0 Å². The Bertz CT molecular complexity index is 857. The van der Waals surface area contributed by atoms with Crippen LogP contribution in [-0.4, -0.2) is 37.8 Å². The first-order chi connectivity index (χ1) is 14.0. The number of nitrogens with one attached hydrogen (secondary N) is 1. The summed E-state index contributed by atoms with van der Waals surface area (Å²) in [5.41, 5.74) is 2.74. The number of ether oxygens (including phenoxy) is 3. The van der Waals surface area contributed by atoms with Crippen LogP contribution in [0.5, 0.6) is 5.75 Å². The van der Waals surface area contributed by atoms with Crippen LogP contribution in [0.1, 0.15) is 36.1 Å². The lowest BCUT2D eigenvalue weighted by molar-refractivity contribution is -0.166. The Hall–Kier alpha value is -2.86. The maximum absolute atomic E-state index is 12.8. The van der Waals surface area contributed by atoms with Crippen LogP contribution in [0.15, 0.2) is 42.5 Å². The highest BCUT2D eigenvalue weighted by molar-refractivity contribution is 6.05. The van der Waals surface area contributed by atoms with Crippen LogP contribution in [0, 0.1) is 0 Å². The van der Waals surface area contributed by atoms with Crippen molar-refractivity contribution >= 4 is 11.9 Å². The number of benzene rings is 2.